The third-order valence-corrected chi connectivity index (χ3v) is 6.74. The van der Waals surface area contributed by atoms with E-state index in [2.05, 4.69) is 10.5 Å². The third kappa shape index (κ3) is 5.62. The van der Waals surface area contributed by atoms with Crippen molar-refractivity contribution in [3.63, 3.8) is 0 Å². The number of aryl methyl sites for hydroxylation is 4. The van der Waals surface area contributed by atoms with Gasteiger partial charge in [0, 0.05) is 0 Å². The molecule has 6 nitrogen and oxygen atoms in total. The quantitative estimate of drug-likeness (QED) is 0.432. The monoisotopic (exact) mass is 449 g/mol. The number of hydrogen-bond donors (Lipinski definition) is 1. The first-order chi connectivity index (χ1) is 15.2. The lowest BCUT2D eigenvalue weighted by Crippen LogP contribution is -2.40. The average molecular weight is 450 g/mol. The SMILES string of the molecule is Cc1ccc(S(=O)(=O)N(CC(=O)N/N=C\c2cccc(C)c2)c2ccc(C)cc2C)cc1. The molecule has 1 N–H and O–H groups in total. The van der Waals surface area contributed by atoms with Crippen molar-refractivity contribution in [3.05, 3.63) is 94.5 Å². The molecule has 7 heteroatoms. The van der Waals surface area contributed by atoms with Gasteiger partial charge in [0.1, 0.15) is 6.54 Å². The van der Waals surface area contributed by atoms with Crippen LogP contribution in [0.4, 0.5) is 5.69 Å². The molecular weight excluding hydrogens is 422 g/mol. The van der Waals surface area contributed by atoms with Crippen LogP contribution in [0.5, 0.6) is 0 Å². The molecule has 0 radical (unpaired) electrons. The van der Waals surface area contributed by atoms with Crippen molar-refractivity contribution in [2.75, 3.05) is 10.8 Å². The second kappa shape index (κ2) is 9.78. The number of nitrogens with zero attached hydrogens (tertiary/aromatic N) is 2. The van der Waals surface area contributed by atoms with Gasteiger partial charge in [-0.15, -0.1) is 0 Å². The molecule has 3 rings (SSSR count). The molecule has 0 unspecified atom stereocenters. The molecule has 0 fully saturated rings. The van der Waals surface area contributed by atoms with E-state index in [1.807, 2.05) is 64.1 Å². The van der Waals surface area contributed by atoms with Crippen LogP contribution in [0, 0.1) is 27.7 Å². The van der Waals surface area contributed by atoms with Gasteiger partial charge in [-0.05, 0) is 57.0 Å². The highest BCUT2D eigenvalue weighted by Crippen LogP contribution is 2.27. The summed E-state index contributed by atoms with van der Waals surface area (Å²) >= 11 is 0. The maximum Gasteiger partial charge on any atom is 0.264 e. The van der Waals surface area contributed by atoms with Crippen molar-refractivity contribution in [1.82, 2.24) is 5.43 Å². The Balaban J connectivity index is 1.88. The number of rotatable bonds is 7. The van der Waals surface area contributed by atoms with E-state index >= 15 is 0 Å². The van der Waals surface area contributed by atoms with Crippen LogP contribution < -0.4 is 9.73 Å². The van der Waals surface area contributed by atoms with Gasteiger partial charge in [-0.25, -0.2) is 13.8 Å². The molecule has 0 heterocycles. The second-order valence-corrected chi connectivity index (χ2v) is 9.68. The predicted molar refractivity (Wildman–Crippen MR) is 129 cm³/mol. The smallest absolute Gasteiger partial charge is 0.264 e. The van der Waals surface area contributed by atoms with Crippen LogP contribution in [-0.4, -0.2) is 27.1 Å². The van der Waals surface area contributed by atoms with Crippen molar-refractivity contribution in [2.45, 2.75) is 32.6 Å². The molecule has 0 aliphatic heterocycles. The molecule has 3 aromatic carbocycles. The molecule has 0 bridgehead atoms. The standard InChI is InChI=1S/C25H27N3O3S/c1-18-8-11-23(12-9-18)32(30,31)28(24-13-10-20(3)14-21(24)4)17-25(29)27-26-16-22-7-5-6-19(2)15-22/h5-16H,17H2,1-4H3,(H,27,29)/b26-16-. The minimum atomic E-state index is -3.96. The first-order valence-corrected chi connectivity index (χ1v) is 11.7. The summed E-state index contributed by atoms with van der Waals surface area (Å²) in [4.78, 5) is 12.8. The first kappa shape index (κ1) is 23.2. The largest absolute Gasteiger partial charge is 0.271 e. The second-order valence-electron chi connectivity index (χ2n) is 7.82. The van der Waals surface area contributed by atoms with Crippen molar-refractivity contribution in [2.24, 2.45) is 5.10 Å². The number of hydrogen-bond acceptors (Lipinski definition) is 4. The van der Waals surface area contributed by atoms with E-state index < -0.39 is 22.5 Å². The van der Waals surface area contributed by atoms with Crippen molar-refractivity contribution in [1.29, 1.82) is 0 Å². The number of carbonyl (C=O) groups is 1. The van der Waals surface area contributed by atoms with Gasteiger partial charge in [0.2, 0.25) is 0 Å². The Morgan fingerprint density at radius 3 is 2.22 bits per heavy atom. The zero-order valence-corrected chi connectivity index (χ0v) is 19.5. The molecule has 1 amide bonds. The summed E-state index contributed by atoms with van der Waals surface area (Å²) in [6.45, 7) is 7.22. The summed E-state index contributed by atoms with van der Waals surface area (Å²) in [5, 5.41) is 3.99. The third-order valence-electron chi connectivity index (χ3n) is 4.96. The van der Waals surface area contributed by atoms with Crippen LogP contribution in [0.3, 0.4) is 0 Å². The van der Waals surface area contributed by atoms with Gasteiger partial charge in [0.05, 0.1) is 16.8 Å². The summed E-state index contributed by atoms with van der Waals surface area (Å²) < 4.78 is 28.0. The molecular formula is C25H27N3O3S. The van der Waals surface area contributed by atoms with Crippen LogP contribution in [0.2, 0.25) is 0 Å². The molecule has 0 atom stereocenters. The zero-order chi connectivity index (χ0) is 23.3. The Hall–Kier alpha value is -3.45. The van der Waals surface area contributed by atoms with Gasteiger partial charge in [0.25, 0.3) is 15.9 Å². The van der Waals surface area contributed by atoms with E-state index in [0.29, 0.717) is 5.69 Å². The van der Waals surface area contributed by atoms with E-state index in [0.717, 1.165) is 32.1 Å². The summed E-state index contributed by atoms with van der Waals surface area (Å²) in [5.74, 6) is -0.537. The molecule has 0 saturated carbocycles. The Kier molecular flexibility index (Phi) is 7.10. The van der Waals surface area contributed by atoms with Crippen molar-refractivity contribution < 1.29 is 13.2 Å². The van der Waals surface area contributed by atoms with Crippen LogP contribution in [0.1, 0.15) is 27.8 Å². The number of sulfonamides is 1. The number of anilines is 1. The number of nitrogens with one attached hydrogen (secondary N) is 1. The average Bonchev–Trinajstić information content (AvgIpc) is 2.73. The fourth-order valence-corrected chi connectivity index (χ4v) is 4.80. The van der Waals surface area contributed by atoms with Crippen LogP contribution in [0.25, 0.3) is 0 Å². The molecule has 0 aliphatic carbocycles. The van der Waals surface area contributed by atoms with E-state index in [1.54, 1.807) is 30.3 Å². The lowest BCUT2D eigenvalue weighted by Gasteiger charge is -2.25. The molecule has 0 aromatic heterocycles. The summed E-state index contributed by atoms with van der Waals surface area (Å²) in [5.41, 5.74) is 7.52. The Labute approximate surface area is 189 Å². The predicted octanol–water partition coefficient (Wildman–Crippen LogP) is 4.27. The van der Waals surface area contributed by atoms with Crippen LogP contribution in [0.15, 0.2) is 76.7 Å². The summed E-state index contributed by atoms with van der Waals surface area (Å²) in [6.07, 6.45) is 1.53. The van der Waals surface area contributed by atoms with E-state index in [-0.39, 0.29) is 4.90 Å². The Morgan fingerprint density at radius 2 is 1.56 bits per heavy atom. The fourth-order valence-electron chi connectivity index (χ4n) is 3.32. The highest BCUT2D eigenvalue weighted by molar-refractivity contribution is 7.92. The minimum Gasteiger partial charge on any atom is -0.271 e. The number of carbonyl (C=O) groups excluding carboxylic acids is 1. The van der Waals surface area contributed by atoms with Gasteiger partial charge < -0.3 is 0 Å². The van der Waals surface area contributed by atoms with E-state index in [9.17, 15) is 13.2 Å². The maximum absolute atomic E-state index is 13.5. The van der Waals surface area contributed by atoms with Crippen molar-refractivity contribution >= 4 is 27.8 Å². The van der Waals surface area contributed by atoms with Crippen molar-refractivity contribution in [3.8, 4) is 0 Å². The minimum absolute atomic E-state index is 0.124. The number of benzene rings is 3. The first-order valence-electron chi connectivity index (χ1n) is 10.2. The molecule has 0 spiro atoms. The van der Waals surface area contributed by atoms with Crippen LogP contribution in [-0.2, 0) is 14.8 Å². The lowest BCUT2D eigenvalue weighted by molar-refractivity contribution is -0.119. The zero-order valence-electron chi connectivity index (χ0n) is 18.7. The normalized spacial score (nSPS) is 11.5. The summed E-state index contributed by atoms with van der Waals surface area (Å²) in [7, 11) is -3.96. The number of amides is 1. The summed E-state index contributed by atoms with van der Waals surface area (Å²) in [6, 6.07) is 19.7. The van der Waals surface area contributed by atoms with Gasteiger partial charge >= 0.3 is 0 Å². The maximum atomic E-state index is 13.5. The van der Waals surface area contributed by atoms with Gasteiger partial charge in [-0.2, -0.15) is 5.10 Å². The lowest BCUT2D eigenvalue weighted by atomic mass is 10.1. The van der Waals surface area contributed by atoms with E-state index in [4.69, 9.17) is 0 Å². The van der Waals surface area contributed by atoms with Gasteiger partial charge in [-0.3, -0.25) is 9.10 Å². The van der Waals surface area contributed by atoms with E-state index in [1.165, 1.54) is 6.21 Å². The molecule has 3 aromatic rings. The Bertz CT molecular complexity index is 1250. The highest BCUT2D eigenvalue weighted by atomic mass is 32.2. The molecule has 166 valence electrons. The number of hydrazone groups is 1. The van der Waals surface area contributed by atoms with Gasteiger partial charge in [-0.1, -0.05) is 65.2 Å². The molecule has 32 heavy (non-hydrogen) atoms. The molecule has 0 aliphatic rings. The topological polar surface area (TPSA) is 78.8 Å². The fraction of sp³-hybridized carbons (Fsp3) is 0.200. The molecule has 0 saturated heterocycles. The van der Waals surface area contributed by atoms with Gasteiger partial charge in [0.15, 0.2) is 0 Å². The highest BCUT2D eigenvalue weighted by Gasteiger charge is 2.28. The Morgan fingerprint density at radius 1 is 0.906 bits per heavy atom. The van der Waals surface area contributed by atoms with Crippen LogP contribution >= 0.6 is 0 Å².